The highest BCUT2D eigenvalue weighted by Crippen LogP contribution is 2.38. The summed E-state index contributed by atoms with van der Waals surface area (Å²) in [5.74, 6) is 2.50. The minimum atomic E-state index is 0.481. The number of ether oxygens (including phenoxy) is 3. The highest BCUT2D eigenvalue weighted by molar-refractivity contribution is 7.80. The van der Waals surface area contributed by atoms with Gasteiger partial charge in [0.05, 0.1) is 34.1 Å². The number of benzene rings is 2. The number of rotatable bonds is 8. The number of methoxy groups -OCH3 is 3. The Morgan fingerprint density at radius 1 is 1.03 bits per heavy atom. The molecule has 164 valence electrons. The van der Waals surface area contributed by atoms with E-state index in [9.17, 15) is 0 Å². The lowest BCUT2D eigenvalue weighted by Gasteiger charge is -2.26. The monoisotopic (exact) mass is 460 g/mol. The van der Waals surface area contributed by atoms with E-state index in [1.807, 2.05) is 54.3 Å². The summed E-state index contributed by atoms with van der Waals surface area (Å²) in [5.41, 5.74) is 2.75. The fraction of sp³-hybridized carbons (Fsp3) is 0.261. The van der Waals surface area contributed by atoms with Crippen LogP contribution in [0.4, 0.5) is 5.69 Å². The Balaban J connectivity index is 1.88. The summed E-state index contributed by atoms with van der Waals surface area (Å²) in [5, 5.41) is 4.47. The van der Waals surface area contributed by atoms with Gasteiger partial charge in [-0.05, 0) is 66.7 Å². The van der Waals surface area contributed by atoms with Crippen molar-refractivity contribution in [3.63, 3.8) is 0 Å². The van der Waals surface area contributed by atoms with E-state index >= 15 is 0 Å². The zero-order chi connectivity index (χ0) is 22.4. The molecule has 2 aromatic carbocycles. The largest absolute Gasteiger partial charge is 0.493 e. The highest BCUT2D eigenvalue weighted by Gasteiger charge is 2.18. The van der Waals surface area contributed by atoms with Crippen LogP contribution in [0, 0.1) is 6.92 Å². The van der Waals surface area contributed by atoms with Gasteiger partial charge in [-0.1, -0.05) is 17.7 Å². The molecule has 0 saturated heterocycles. The number of thiocarbonyl (C=S) groups is 1. The van der Waals surface area contributed by atoms with Gasteiger partial charge in [0.1, 0.15) is 5.76 Å². The van der Waals surface area contributed by atoms with E-state index in [0.29, 0.717) is 40.5 Å². The van der Waals surface area contributed by atoms with Crippen molar-refractivity contribution in [3.05, 3.63) is 70.6 Å². The zero-order valence-corrected chi connectivity index (χ0v) is 19.5. The fourth-order valence-electron chi connectivity index (χ4n) is 3.11. The molecule has 0 amide bonds. The van der Waals surface area contributed by atoms with E-state index in [-0.39, 0.29) is 0 Å². The van der Waals surface area contributed by atoms with Crippen LogP contribution >= 0.6 is 23.8 Å². The predicted molar refractivity (Wildman–Crippen MR) is 126 cm³/mol. The van der Waals surface area contributed by atoms with E-state index < -0.39 is 0 Å². The number of aryl methyl sites for hydroxylation is 1. The lowest BCUT2D eigenvalue weighted by atomic mass is 10.1. The van der Waals surface area contributed by atoms with Crippen molar-refractivity contribution in [2.75, 3.05) is 26.6 Å². The average Bonchev–Trinajstić information content (AvgIpc) is 3.28. The molecule has 0 spiro atoms. The summed E-state index contributed by atoms with van der Waals surface area (Å²) < 4.78 is 21.9. The van der Waals surface area contributed by atoms with Gasteiger partial charge in [-0.15, -0.1) is 0 Å². The molecule has 0 saturated carbocycles. The Labute approximate surface area is 192 Å². The second kappa shape index (κ2) is 10.4. The molecule has 3 rings (SSSR count). The minimum Gasteiger partial charge on any atom is -0.493 e. The molecule has 0 aliphatic rings. The molecule has 1 heterocycles. The van der Waals surface area contributed by atoms with Crippen molar-refractivity contribution in [1.82, 2.24) is 4.90 Å². The maximum Gasteiger partial charge on any atom is 0.203 e. The minimum absolute atomic E-state index is 0.481. The summed E-state index contributed by atoms with van der Waals surface area (Å²) in [6, 6.07) is 13.3. The fourth-order valence-corrected chi connectivity index (χ4v) is 3.54. The van der Waals surface area contributed by atoms with Gasteiger partial charge in [-0.3, -0.25) is 0 Å². The molecule has 1 N–H and O–H groups in total. The van der Waals surface area contributed by atoms with Crippen LogP contribution in [0.5, 0.6) is 17.2 Å². The van der Waals surface area contributed by atoms with Crippen molar-refractivity contribution in [3.8, 4) is 17.2 Å². The maximum absolute atomic E-state index is 6.27. The third-order valence-corrected chi connectivity index (χ3v) is 5.50. The number of nitrogens with zero attached hydrogens (tertiary/aromatic N) is 1. The number of nitrogens with one attached hydrogen (secondary N) is 1. The van der Waals surface area contributed by atoms with Crippen LogP contribution in [0.3, 0.4) is 0 Å². The quantitative estimate of drug-likeness (QED) is 0.435. The van der Waals surface area contributed by atoms with Crippen LogP contribution in [0.25, 0.3) is 0 Å². The predicted octanol–water partition coefficient (Wildman–Crippen LogP) is 5.67. The third-order valence-electron chi connectivity index (χ3n) is 4.74. The second-order valence-electron chi connectivity index (χ2n) is 6.86. The average molecular weight is 461 g/mol. The van der Waals surface area contributed by atoms with Gasteiger partial charge in [0.15, 0.2) is 16.6 Å². The maximum atomic E-state index is 6.27. The third kappa shape index (κ3) is 5.62. The first-order valence-corrected chi connectivity index (χ1v) is 10.4. The zero-order valence-electron chi connectivity index (χ0n) is 17.9. The number of hydrogen-bond donors (Lipinski definition) is 1. The molecule has 1 aromatic heterocycles. The molecule has 0 unspecified atom stereocenters. The second-order valence-corrected chi connectivity index (χ2v) is 7.66. The van der Waals surface area contributed by atoms with Gasteiger partial charge in [0.2, 0.25) is 5.75 Å². The normalized spacial score (nSPS) is 10.5. The Hall–Kier alpha value is -2.90. The van der Waals surface area contributed by atoms with Gasteiger partial charge in [0, 0.05) is 17.3 Å². The Morgan fingerprint density at radius 3 is 2.29 bits per heavy atom. The van der Waals surface area contributed by atoms with Crippen molar-refractivity contribution in [2.45, 2.75) is 20.0 Å². The summed E-state index contributed by atoms with van der Waals surface area (Å²) >= 11 is 12.0. The molecule has 6 nitrogen and oxygen atoms in total. The van der Waals surface area contributed by atoms with E-state index in [1.54, 1.807) is 27.6 Å². The van der Waals surface area contributed by atoms with Crippen LogP contribution < -0.4 is 19.5 Å². The van der Waals surface area contributed by atoms with Crippen LogP contribution in [-0.4, -0.2) is 31.3 Å². The molecule has 0 atom stereocenters. The summed E-state index contributed by atoms with van der Waals surface area (Å²) in [4.78, 5) is 1.99. The van der Waals surface area contributed by atoms with E-state index in [4.69, 9.17) is 42.4 Å². The number of anilines is 1. The van der Waals surface area contributed by atoms with Crippen molar-refractivity contribution in [1.29, 1.82) is 0 Å². The summed E-state index contributed by atoms with van der Waals surface area (Å²) in [7, 11) is 4.76. The van der Waals surface area contributed by atoms with Gasteiger partial charge in [-0.25, -0.2) is 0 Å². The molecule has 31 heavy (non-hydrogen) atoms. The van der Waals surface area contributed by atoms with Gasteiger partial charge < -0.3 is 28.8 Å². The Kier molecular flexibility index (Phi) is 7.65. The van der Waals surface area contributed by atoms with Gasteiger partial charge >= 0.3 is 0 Å². The van der Waals surface area contributed by atoms with E-state index in [2.05, 4.69) is 5.32 Å². The topological polar surface area (TPSA) is 56.1 Å². The van der Waals surface area contributed by atoms with Crippen molar-refractivity contribution < 1.29 is 18.6 Å². The van der Waals surface area contributed by atoms with Crippen molar-refractivity contribution >= 4 is 34.6 Å². The van der Waals surface area contributed by atoms with Crippen LogP contribution in [0.1, 0.15) is 16.9 Å². The first kappa shape index (κ1) is 22.8. The number of hydrogen-bond acceptors (Lipinski definition) is 5. The van der Waals surface area contributed by atoms with Crippen LogP contribution in [0.15, 0.2) is 53.1 Å². The summed E-state index contributed by atoms with van der Waals surface area (Å²) in [6.45, 7) is 2.93. The Bertz CT molecular complexity index is 1020. The SMILES string of the molecule is COc1cc(CN(Cc2ccco2)C(=S)Nc2ccc(C)c(Cl)c2)cc(OC)c1OC. The molecule has 8 heteroatoms. The molecule has 0 bridgehead atoms. The van der Waals surface area contributed by atoms with E-state index in [1.165, 1.54) is 0 Å². The molecular weight excluding hydrogens is 436 g/mol. The molecule has 3 aromatic rings. The van der Waals surface area contributed by atoms with Gasteiger partial charge in [0.25, 0.3) is 0 Å². The molecule has 0 fully saturated rings. The highest BCUT2D eigenvalue weighted by atomic mass is 35.5. The summed E-state index contributed by atoms with van der Waals surface area (Å²) in [6.07, 6.45) is 1.64. The number of halogens is 1. The first-order valence-electron chi connectivity index (χ1n) is 9.58. The molecule has 0 aliphatic carbocycles. The Morgan fingerprint density at radius 2 is 1.74 bits per heavy atom. The van der Waals surface area contributed by atoms with E-state index in [0.717, 1.165) is 22.6 Å². The number of furan rings is 1. The lowest BCUT2D eigenvalue weighted by Crippen LogP contribution is -2.33. The first-order chi connectivity index (χ1) is 14.9. The van der Waals surface area contributed by atoms with Crippen LogP contribution in [0.2, 0.25) is 5.02 Å². The standard InChI is InChI=1S/C23H25ClN2O4S/c1-15-7-8-17(12-19(15)24)25-23(31)26(14-18-6-5-9-30-18)13-16-10-20(27-2)22(29-4)21(11-16)28-3/h5-12H,13-14H2,1-4H3,(H,25,31). The van der Waals surface area contributed by atoms with Crippen LogP contribution in [-0.2, 0) is 13.1 Å². The lowest BCUT2D eigenvalue weighted by molar-refractivity contribution is 0.321. The van der Waals surface area contributed by atoms with Gasteiger partial charge in [-0.2, -0.15) is 0 Å². The molecular formula is C23H25ClN2O4S. The smallest absolute Gasteiger partial charge is 0.203 e. The molecule has 0 aliphatic heterocycles. The van der Waals surface area contributed by atoms with Crippen molar-refractivity contribution in [2.24, 2.45) is 0 Å². The molecule has 0 radical (unpaired) electrons.